The number of ether oxygens (including phenoxy) is 1. The van der Waals surface area contributed by atoms with Crippen molar-refractivity contribution in [3.63, 3.8) is 0 Å². The second kappa shape index (κ2) is 7.22. The Morgan fingerprint density at radius 3 is 2.69 bits per heavy atom. The Kier molecular flexibility index (Phi) is 4.83. The maximum absolute atomic E-state index is 13.6. The van der Waals surface area contributed by atoms with Crippen molar-refractivity contribution in [1.29, 1.82) is 0 Å². The third kappa shape index (κ3) is 3.49. The van der Waals surface area contributed by atoms with Gasteiger partial charge in [-0.05, 0) is 37.3 Å². The first-order valence-electron chi connectivity index (χ1n) is 7.59. The van der Waals surface area contributed by atoms with Crippen LogP contribution in [0.2, 0.25) is 0 Å². The van der Waals surface area contributed by atoms with Gasteiger partial charge in [-0.2, -0.15) is 5.10 Å². The molecule has 0 amide bonds. The van der Waals surface area contributed by atoms with E-state index in [1.54, 1.807) is 31.3 Å². The molecule has 0 bridgehead atoms. The van der Waals surface area contributed by atoms with Crippen LogP contribution in [0.15, 0.2) is 48.8 Å². The van der Waals surface area contributed by atoms with E-state index in [-0.39, 0.29) is 5.56 Å². The van der Waals surface area contributed by atoms with Gasteiger partial charge in [0.25, 0.3) is 0 Å². The predicted octanol–water partition coefficient (Wildman–Crippen LogP) is 2.89. The van der Waals surface area contributed by atoms with Crippen molar-refractivity contribution < 1.29 is 23.1 Å². The Hall–Kier alpha value is -3.42. The van der Waals surface area contributed by atoms with Gasteiger partial charge in [-0.1, -0.05) is 6.07 Å². The molecule has 0 saturated carbocycles. The van der Waals surface area contributed by atoms with Crippen molar-refractivity contribution in [3.05, 3.63) is 77.2 Å². The van der Waals surface area contributed by atoms with Crippen molar-refractivity contribution in [2.75, 3.05) is 6.61 Å². The lowest BCUT2D eigenvalue weighted by Crippen LogP contribution is -2.16. The minimum atomic E-state index is -0.883. The van der Waals surface area contributed by atoms with E-state index >= 15 is 0 Å². The number of ketones is 1. The van der Waals surface area contributed by atoms with Crippen molar-refractivity contribution >= 4 is 11.8 Å². The van der Waals surface area contributed by atoms with Gasteiger partial charge < -0.3 is 4.74 Å². The molecule has 0 spiro atoms. The molecule has 3 aromatic rings. The third-order valence-corrected chi connectivity index (χ3v) is 3.66. The van der Waals surface area contributed by atoms with Crippen LogP contribution in [0, 0.1) is 18.6 Å². The topological polar surface area (TPSA) is 74.1 Å². The molecule has 6 nitrogen and oxygen atoms in total. The number of esters is 1. The highest BCUT2D eigenvalue weighted by atomic mass is 19.1. The summed E-state index contributed by atoms with van der Waals surface area (Å²) in [4.78, 5) is 28.3. The summed E-state index contributed by atoms with van der Waals surface area (Å²) in [7, 11) is 0. The number of benzene rings is 1. The van der Waals surface area contributed by atoms with Gasteiger partial charge in [0.05, 0.1) is 17.5 Å². The summed E-state index contributed by atoms with van der Waals surface area (Å²) in [5.74, 6) is -2.76. The van der Waals surface area contributed by atoms with Gasteiger partial charge >= 0.3 is 5.97 Å². The van der Waals surface area contributed by atoms with E-state index < -0.39 is 35.6 Å². The molecule has 0 saturated heterocycles. The number of pyridine rings is 1. The molecule has 0 atom stereocenters. The standard InChI is InChI=1S/C18H13F2N3O3/c1-11-14(9-22-23(11)17-4-2-3-7-21-17)18(25)26-10-16(24)13-8-12(19)5-6-15(13)20/h2-9H,10H2,1H3. The number of carbonyl (C=O) groups excluding carboxylic acids is 2. The van der Waals surface area contributed by atoms with Crippen molar-refractivity contribution in [2.24, 2.45) is 0 Å². The number of rotatable bonds is 5. The SMILES string of the molecule is Cc1c(C(=O)OCC(=O)c2cc(F)ccc2F)cnn1-c1ccccn1. The van der Waals surface area contributed by atoms with Crippen LogP contribution in [-0.4, -0.2) is 33.1 Å². The zero-order valence-electron chi connectivity index (χ0n) is 13.6. The lowest BCUT2D eigenvalue weighted by atomic mass is 10.1. The molecule has 0 aliphatic carbocycles. The fourth-order valence-corrected chi connectivity index (χ4v) is 2.32. The molecule has 0 unspecified atom stereocenters. The largest absolute Gasteiger partial charge is 0.454 e. The average molecular weight is 357 g/mol. The summed E-state index contributed by atoms with van der Waals surface area (Å²) in [6.45, 7) is 0.930. The van der Waals surface area contributed by atoms with Crippen molar-refractivity contribution in [2.45, 2.75) is 6.92 Å². The van der Waals surface area contributed by atoms with E-state index in [2.05, 4.69) is 10.1 Å². The minimum Gasteiger partial charge on any atom is -0.454 e. The quantitative estimate of drug-likeness (QED) is 0.518. The second-order valence-electron chi connectivity index (χ2n) is 5.37. The molecule has 3 rings (SSSR count). The van der Waals surface area contributed by atoms with Crippen LogP contribution in [-0.2, 0) is 4.74 Å². The third-order valence-electron chi connectivity index (χ3n) is 3.66. The van der Waals surface area contributed by atoms with Crippen LogP contribution < -0.4 is 0 Å². The second-order valence-corrected chi connectivity index (χ2v) is 5.37. The predicted molar refractivity (Wildman–Crippen MR) is 87.1 cm³/mol. The van der Waals surface area contributed by atoms with E-state index in [1.165, 1.54) is 10.9 Å². The number of aromatic nitrogens is 3. The average Bonchev–Trinajstić information content (AvgIpc) is 3.03. The fraction of sp³-hybridized carbons (Fsp3) is 0.111. The molecule has 26 heavy (non-hydrogen) atoms. The maximum Gasteiger partial charge on any atom is 0.342 e. The highest BCUT2D eigenvalue weighted by Crippen LogP contribution is 2.14. The van der Waals surface area contributed by atoms with E-state index in [0.29, 0.717) is 11.5 Å². The number of halogens is 2. The Balaban J connectivity index is 1.72. The normalized spacial score (nSPS) is 10.6. The zero-order valence-corrected chi connectivity index (χ0v) is 13.6. The molecule has 132 valence electrons. The van der Waals surface area contributed by atoms with Crippen molar-refractivity contribution in [1.82, 2.24) is 14.8 Å². The Labute approximate surface area is 147 Å². The van der Waals surface area contributed by atoms with Crippen LogP contribution >= 0.6 is 0 Å². The molecule has 0 aliphatic rings. The summed E-state index contributed by atoms with van der Waals surface area (Å²) in [5, 5.41) is 4.08. The van der Waals surface area contributed by atoms with Crippen LogP contribution in [0.3, 0.4) is 0 Å². The van der Waals surface area contributed by atoms with Gasteiger partial charge in [0.2, 0.25) is 5.78 Å². The van der Waals surface area contributed by atoms with Gasteiger partial charge in [-0.15, -0.1) is 0 Å². The van der Waals surface area contributed by atoms with Gasteiger partial charge in [-0.25, -0.2) is 23.2 Å². The number of carbonyl (C=O) groups is 2. The molecule has 1 aromatic carbocycles. The zero-order chi connectivity index (χ0) is 18.7. The molecule has 0 radical (unpaired) electrons. The van der Waals surface area contributed by atoms with E-state index in [4.69, 9.17) is 4.74 Å². The molecule has 2 heterocycles. The van der Waals surface area contributed by atoms with Gasteiger partial charge in [-0.3, -0.25) is 4.79 Å². The first-order valence-corrected chi connectivity index (χ1v) is 7.59. The van der Waals surface area contributed by atoms with E-state index in [1.807, 2.05) is 0 Å². The first-order chi connectivity index (χ1) is 12.5. The maximum atomic E-state index is 13.6. The highest BCUT2D eigenvalue weighted by Gasteiger charge is 2.20. The first kappa shape index (κ1) is 17.4. The van der Waals surface area contributed by atoms with Gasteiger partial charge in [0.1, 0.15) is 17.2 Å². The Morgan fingerprint density at radius 1 is 1.15 bits per heavy atom. The smallest absolute Gasteiger partial charge is 0.342 e. The van der Waals surface area contributed by atoms with Crippen LogP contribution in [0.25, 0.3) is 5.82 Å². The minimum absolute atomic E-state index is 0.142. The summed E-state index contributed by atoms with van der Waals surface area (Å²) in [5.41, 5.74) is 0.139. The number of hydrogen-bond donors (Lipinski definition) is 0. The molecule has 2 aromatic heterocycles. The summed E-state index contributed by atoms with van der Waals surface area (Å²) in [6.07, 6.45) is 2.88. The van der Waals surface area contributed by atoms with Crippen LogP contribution in [0.4, 0.5) is 8.78 Å². The molecular weight excluding hydrogens is 344 g/mol. The lowest BCUT2D eigenvalue weighted by molar-refractivity contribution is 0.0472. The van der Waals surface area contributed by atoms with Gasteiger partial charge in [0.15, 0.2) is 12.4 Å². The lowest BCUT2D eigenvalue weighted by Gasteiger charge is -2.06. The molecule has 0 fully saturated rings. The monoisotopic (exact) mass is 357 g/mol. The van der Waals surface area contributed by atoms with Gasteiger partial charge in [0, 0.05) is 6.20 Å². The van der Waals surface area contributed by atoms with E-state index in [9.17, 15) is 18.4 Å². The Morgan fingerprint density at radius 2 is 1.96 bits per heavy atom. The summed E-state index contributed by atoms with van der Waals surface area (Å²) in [6, 6.07) is 7.72. The number of Topliss-reactive ketones (excluding diaryl/α,β-unsaturated/α-hetero) is 1. The van der Waals surface area contributed by atoms with Crippen molar-refractivity contribution in [3.8, 4) is 5.82 Å². The fourth-order valence-electron chi connectivity index (χ4n) is 2.32. The summed E-state index contributed by atoms with van der Waals surface area (Å²) < 4.78 is 33.1. The number of nitrogens with zero attached hydrogens (tertiary/aromatic N) is 3. The van der Waals surface area contributed by atoms with Crippen LogP contribution in [0.1, 0.15) is 26.4 Å². The Bertz CT molecular complexity index is 971. The number of hydrogen-bond acceptors (Lipinski definition) is 5. The molecule has 0 aliphatic heterocycles. The van der Waals surface area contributed by atoms with E-state index in [0.717, 1.165) is 18.2 Å². The summed E-state index contributed by atoms with van der Waals surface area (Å²) >= 11 is 0. The molecular formula is C18H13F2N3O3. The molecule has 8 heteroatoms. The highest BCUT2D eigenvalue weighted by molar-refractivity contribution is 5.99. The van der Waals surface area contributed by atoms with Crippen LogP contribution in [0.5, 0.6) is 0 Å². The molecule has 0 N–H and O–H groups in total.